The predicted molar refractivity (Wildman–Crippen MR) is 113 cm³/mol. The van der Waals surface area contributed by atoms with Crippen molar-refractivity contribution in [2.45, 2.75) is 6.92 Å². The number of amides is 2. The molecule has 4 rings (SSSR count). The van der Waals surface area contributed by atoms with Crippen LogP contribution in [0.4, 0.5) is 11.4 Å². The monoisotopic (exact) mass is 418 g/mol. The maximum atomic E-state index is 12.6. The summed E-state index contributed by atoms with van der Waals surface area (Å²) in [6.45, 7) is 1.42. The molecule has 31 heavy (non-hydrogen) atoms. The maximum Gasteiger partial charge on any atom is 0.308 e. The van der Waals surface area contributed by atoms with Gasteiger partial charge in [-0.05, 0) is 54.6 Å². The van der Waals surface area contributed by atoms with Crippen LogP contribution in [0, 0.1) is 0 Å². The third-order valence-corrected chi connectivity index (χ3v) is 4.37. The molecule has 0 fully saturated rings. The number of hydrogen-bond acceptors (Lipinski definition) is 6. The largest absolute Gasteiger partial charge is 0.454 e. The number of rotatable bonds is 5. The summed E-state index contributed by atoms with van der Waals surface area (Å²) < 4.78 is 15.5. The maximum absolute atomic E-state index is 12.6. The third kappa shape index (κ3) is 4.81. The van der Waals surface area contributed by atoms with Crippen LogP contribution in [0.2, 0.25) is 0 Å². The Kier molecular flexibility index (Phi) is 5.53. The van der Waals surface area contributed by atoms with Gasteiger partial charge in [0.25, 0.3) is 11.8 Å². The molecule has 2 amide bonds. The summed E-state index contributed by atoms with van der Waals surface area (Å²) in [6.07, 6.45) is 0. The average molecular weight is 418 g/mol. The SMILES string of the molecule is CC(=O)Oc1cccc(C(=O)Nc2cccc(NC(=O)c3ccc4c(c3)OCO4)c2)c1. The van der Waals surface area contributed by atoms with Crippen LogP contribution in [0.3, 0.4) is 0 Å². The van der Waals surface area contributed by atoms with E-state index < -0.39 is 5.97 Å². The van der Waals surface area contributed by atoms with Crippen LogP contribution < -0.4 is 24.8 Å². The van der Waals surface area contributed by atoms with Crippen molar-refractivity contribution in [3.8, 4) is 17.2 Å². The lowest BCUT2D eigenvalue weighted by atomic mass is 10.1. The number of nitrogens with one attached hydrogen (secondary N) is 2. The lowest BCUT2D eigenvalue weighted by Crippen LogP contribution is -2.14. The molecular weight excluding hydrogens is 400 g/mol. The second-order valence-corrected chi connectivity index (χ2v) is 6.68. The molecule has 0 spiro atoms. The number of fused-ring (bicyclic) bond motifs is 1. The Bertz CT molecular complexity index is 1170. The molecule has 0 atom stereocenters. The standard InChI is InChI=1S/C23H18N2O6/c1-14(26)31-19-7-2-4-15(10-19)22(27)24-17-5-3-6-18(12-17)25-23(28)16-8-9-20-21(11-16)30-13-29-20/h2-12H,13H2,1H3,(H,24,27)(H,25,28). The molecule has 0 bridgehead atoms. The molecule has 1 heterocycles. The van der Waals surface area contributed by atoms with Crippen LogP contribution in [-0.2, 0) is 4.79 Å². The number of benzene rings is 3. The summed E-state index contributed by atoms with van der Waals surface area (Å²) in [5.41, 5.74) is 1.75. The van der Waals surface area contributed by atoms with Crippen molar-refractivity contribution >= 4 is 29.2 Å². The minimum atomic E-state index is -0.469. The highest BCUT2D eigenvalue weighted by atomic mass is 16.7. The molecule has 156 valence electrons. The lowest BCUT2D eigenvalue weighted by Gasteiger charge is -2.10. The zero-order valence-corrected chi connectivity index (χ0v) is 16.5. The smallest absolute Gasteiger partial charge is 0.308 e. The molecule has 3 aromatic carbocycles. The number of esters is 1. The number of carbonyl (C=O) groups is 3. The van der Waals surface area contributed by atoms with E-state index in [0.29, 0.717) is 34.0 Å². The summed E-state index contributed by atoms with van der Waals surface area (Å²) in [7, 11) is 0. The van der Waals surface area contributed by atoms with Gasteiger partial charge >= 0.3 is 5.97 Å². The van der Waals surface area contributed by atoms with Crippen molar-refractivity contribution in [1.29, 1.82) is 0 Å². The molecule has 0 radical (unpaired) electrons. The van der Waals surface area contributed by atoms with Gasteiger partial charge in [0, 0.05) is 29.4 Å². The first-order valence-corrected chi connectivity index (χ1v) is 9.39. The quantitative estimate of drug-likeness (QED) is 0.482. The van der Waals surface area contributed by atoms with Crippen molar-refractivity contribution in [3.63, 3.8) is 0 Å². The normalized spacial score (nSPS) is 11.5. The highest BCUT2D eigenvalue weighted by molar-refractivity contribution is 6.06. The van der Waals surface area contributed by atoms with E-state index in [0.717, 1.165) is 0 Å². The van der Waals surface area contributed by atoms with E-state index in [1.807, 2.05) is 0 Å². The van der Waals surface area contributed by atoms with Gasteiger partial charge < -0.3 is 24.8 Å². The molecule has 8 heteroatoms. The molecule has 0 saturated carbocycles. The molecule has 1 aliphatic heterocycles. The Morgan fingerprint density at radius 3 is 2.13 bits per heavy atom. The molecule has 0 aromatic heterocycles. The summed E-state index contributed by atoms with van der Waals surface area (Å²) in [5.74, 6) is 0.223. The first-order chi connectivity index (χ1) is 15.0. The predicted octanol–water partition coefficient (Wildman–Crippen LogP) is 3.85. The zero-order chi connectivity index (χ0) is 21.8. The van der Waals surface area contributed by atoms with Crippen molar-refractivity contribution in [2.24, 2.45) is 0 Å². The highest BCUT2D eigenvalue weighted by Crippen LogP contribution is 2.32. The summed E-state index contributed by atoms with van der Waals surface area (Å²) >= 11 is 0. The van der Waals surface area contributed by atoms with Crippen LogP contribution >= 0.6 is 0 Å². The van der Waals surface area contributed by atoms with E-state index in [1.165, 1.54) is 13.0 Å². The van der Waals surface area contributed by atoms with Crippen LogP contribution in [-0.4, -0.2) is 24.6 Å². The summed E-state index contributed by atoms with van der Waals surface area (Å²) in [6, 6.07) is 18.0. The Labute approximate surface area is 177 Å². The number of carbonyl (C=O) groups excluding carboxylic acids is 3. The van der Waals surface area contributed by atoms with Gasteiger partial charge in [0.15, 0.2) is 11.5 Å². The van der Waals surface area contributed by atoms with Crippen molar-refractivity contribution in [2.75, 3.05) is 17.4 Å². The van der Waals surface area contributed by atoms with Crippen LogP contribution in [0.5, 0.6) is 17.2 Å². The Morgan fingerprint density at radius 2 is 1.42 bits per heavy atom. The second-order valence-electron chi connectivity index (χ2n) is 6.68. The first-order valence-electron chi connectivity index (χ1n) is 9.39. The van der Waals surface area contributed by atoms with E-state index in [2.05, 4.69) is 10.6 Å². The zero-order valence-electron chi connectivity index (χ0n) is 16.5. The van der Waals surface area contributed by atoms with E-state index in [9.17, 15) is 14.4 Å². The minimum absolute atomic E-state index is 0.131. The Morgan fingerprint density at radius 1 is 0.774 bits per heavy atom. The number of anilines is 2. The molecular formula is C23H18N2O6. The van der Waals surface area contributed by atoms with Gasteiger partial charge in [0.1, 0.15) is 5.75 Å². The first kappa shape index (κ1) is 20.0. The lowest BCUT2D eigenvalue weighted by molar-refractivity contribution is -0.131. The molecule has 1 aliphatic rings. The van der Waals surface area contributed by atoms with Gasteiger partial charge in [-0.3, -0.25) is 14.4 Å². The van der Waals surface area contributed by atoms with Crippen LogP contribution in [0.25, 0.3) is 0 Å². The molecule has 8 nitrogen and oxygen atoms in total. The van der Waals surface area contributed by atoms with Gasteiger partial charge in [-0.25, -0.2) is 0 Å². The Hall–Kier alpha value is -4.33. The summed E-state index contributed by atoms with van der Waals surface area (Å²) in [5, 5.41) is 5.55. The van der Waals surface area contributed by atoms with Gasteiger partial charge in [0.2, 0.25) is 6.79 Å². The van der Waals surface area contributed by atoms with Gasteiger partial charge in [0.05, 0.1) is 0 Å². The minimum Gasteiger partial charge on any atom is -0.454 e. The third-order valence-electron chi connectivity index (χ3n) is 4.37. The highest BCUT2D eigenvalue weighted by Gasteiger charge is 2.16. The molecule has 0 unspecified atom stereocenters. The van der Waals surface area contributed by atoms with E-state index >= 15 is 0 Å². The fourth-order valence-electron chi connectivity index (χ4n) is 2.99. The fourth-order valence-corrected chi connectivity index (χ4v) is 2.99. The van der Waals surface area contributed by atoms with Gasteiger partial charge in [-0.1, -0.05) is 12.1 Å². The van der Waals surface area contributed by atoms with Gasteiger partial charge in [-0.2, -0.15) is 0 Å². The van der Waals surface area contributed by atoms with Crippen molar-refractivity contribution in [1.82, 2.24) is 0 Å². The van der Waals surface area contributed by atoms with Crippen molar-refractivity contribution in [3.05, 3.63) is 77.9 Å². The van der Waals surface area contributed by atoms with Crippen molar-refractivity contribution < 1.29 is 28.6 Å². The van der Waals surface area contributed by atoms with Gasteiger partial charge in [-0.15, -0.1) is 0 Å². The van der Waals surface area contributed by atoms with E-state index in [-0.39, 0.29) is 24.4 Å². The van der Waals surface area contributed by atoms with E-state index in [4.69, 9.17) is 14.2 Å². The molecule has 3 aromatic rings. The van der Waals surface area contributed by atoms with E-state index in [1.54, 1.807) is 60.7 Å². The number of ether oxygens (including phenoxy) is 3. The van der Waals surface area contributed by atoms with Crippen LogP contribution in [0.1, 0.15) is 27.6 Å². The molecule has 2 N–H and O–H groups in total. The Balaban J connectivity index is 1.44. The second kappa shape index (κ2) is 8.58. The topological polar surface area (TPSA) is 103 Å². The van der Waals surface area contributed by atoms with Crippen LogP contribution in [0.15, 0.2) is 66.7 Å². The average Bonchev–Trinajstić information content (AvgIpc) is 3.21. The molecule has 0 saturated heterocycles. The summed E-state index contributed by atoms with van der Waals surface area (Å²) in [4.78, 5) is 36.2. The number of hydrogen-bond donors (Lipinski definition) is 2. The molecule has 0 aliphatic carbocycles. The fraction of sp³-hybridized carbons (Fsp3) is 0.0870.